The van der Waals surface area contributed by atoms with Crippen molar-refractivity contribution in [3.63, 3.8) is 0 Å². The van der Waals surface area contributed by atoms with Gasteiger partial charge in [-0.2, -0.15) is 0 Å². The number of nitrogens with one attached hydrogen (secondary N) is 1. The highest BCUT2D eigenvalue weighted by atomic mass is 16.5. The average molecular weight is 354 g/mol. The molecular formula is C21H26N2O3. The molecule has 138 valence electrons. The van der Waals surface area contributed by atoms with Gasteiger partial charge in [0, 0.05) is 12.2 Å². The number of amides is 1. The number of hydrogen-bond donors (Lipinski definition) is 1. The summed E-state index contributed by atoms with van der Waals surface area (Å²) in [5.74, 6) is 0.0489. The van der Waals surface area contributed by atoms with Crippen LogP contribution in [0.4, 0.5) is 0 Å². The van der Waals surface area contributed by atoms with E-state index in [9.17, 15) is 9.59 Å². The van der Waals surface area contributed by atoms with Crippen molar-refractivity contribution in [1.82, 2.24) is 9.88 Å². The van der Waals surface area contributed by atoms with Gasteiger partial charge in [0.1, 0.15) is 11.7 Å². The Morgan fingerprint density at radius 2 is 1.88 bits per heavy atom. The van der Waals surface area contributed by atoms with E-state index in [1.54, 1.807) is 4.90 Å². The molecule has 2 heterocycles. The van der Waals surface area contributed by atoms with Crippen molar-refractivity contribution in [2.45, 2.75) is 39.9 Å². The number of aryl methyl sites for hydroxylation is 2. The molecule has 1 saturated heterocycles. The molecule has 2 atom stereocenters. The van der Waals surface area contributed by atoms with Crippen molar-refractivity contribution >= 4 is 5.91 Å². The second kappa shape index (κ2) is 7.46. The zero-order valence-electron chi connectivity index (χ0n) is 15.8. The molecule has 1 aromatic carbocycles. The van der Waals surface area contributed by atoms with Crippen LogP contribution in [0, 0.1) is 19.8 Å². The van der Waals surface area contributed by atoms with E-state index in [-0.39, 0.29) is 35.2 Å². The monoisotopic (exact) mass is 354 g/mol. The molecule has 5 nitrogen and oxygen atoms in total. The highest BCUT2D eigenvalue weighted by Crippen LogP contribution is 2.29. The van der Waals surface area contributed by atoms with Gasteiger partial charge in [0.05, 0.1) is 12.6 Å². The summed E-state index contributed by atoms with van der Waals surface area (Å²) in [7, 11) is 0. The van der Waals surface area contributed by atoms with E-state index in [1.165, 1.54) is 0 Å². The number of morpholine rings is 1. The van der Waals surface area contributed by atoms with Gasteiger partial charge in [0.25, 0.3) is 11.5 Å². The van der Waals surface area contributed by atoms with Gasteiger partial charge in [-0.3, -0.25) is 9.59 Å². The molecule has 2 aromatic rings. The Kier molecular flexibility index (Phi) is 5.28. The zero-order chi connectivity index (χ0) is 18.8. The summed E-state index contributed by atoms with van der Waals surface area (Å²) in [5, 5.41) is 0. The maximum atomic E-state index is 13.1. The molecule has 1 amide bonds. The lowest BCUT2D eigenvalue weighted by molar-refractivity contribution is -0.0955. The fourth-order valence-corrected chi connectivity index (χ4v) is 3.45. The highest BCUT2D eigenvalue weighted by Gasteiger charge is 2.34. The molecule has 1 aliphatic rings. The van der Waals surface area contributed by atoms with Crippen LogP contribution < -0.4 is 5.56 Å². The Morgan fingerprint density at radius 1 is 1.19 bits per heavy atom. The first-order valence-electron chi connectivity index (χ1n) is 9.07. The summed E-state index contributed by atoms with van der Waals surface area (Å²) in [4.78, 5) is 30.0. The fourth-order valence-electron chi connectivity index (χ4n) is 3.45. The summed E-state index contributed by atoms with van der Waals surface area (Å²) in [6, 6.07) is 11.8. The van der Waals surface area contributed by atoms with Gasteiger partial charge < -0.3 is 14.6 Å². The number of ether oxygens (including phenoxy) is 1. The second-order valence-electron chi connectivity index (χ2n) is 7.37. The van der Waals surface area contributed by atoms with Crippen LogP contribution in [-0.4, -0.2) is 35.0 Å². The van der Waals surface area contributed by atoms with E-state index in [1.807, 2.05) is 50.2 Å². The smallest absolute Gasteiger partial charge is 0.261 e. The van der Waals surface area contributed by atoms with Crippen molar-refractivity contribution in [2.75, 3.05) is 13.1 Å². The summed E-state index contributed by atoms with van der Waals surface area (Å²) in [6.45, 7) is 8.74. The molecule has 0 saturated carbocycles. The SMILES string of the molecule is Cc1cc(C)c(C(=O)N2C[C@@H](c3ccccc3)O[C@@H](C(C)C)C2)c(=O)[nH]1. The number of benzene rings is 1. The molecule has 0 radical (unpaired) electrons. The molecular weight excluding hydrogens is 328 g/mol. The summed E-state index contributed by atoms with van der Waals surface area (Å²) < 4.78 is 6.25. The van der Waals surface area contributed by atoms with Crippen molar-refractivity contribution in [1.29, 1.82) is 0 Å². The highest BCUT2D eigenvalue weighted by molar-refractivity contribution is 5.95. The first-order valence-corrected chi connectivity index (χ1v) is 9.07. The third-order valence-corrected chi connectivity index (χ3v) is 4.91. The third kappa shape index (κ3) is 3.73. The lowest BCUT2D eigenvalue weighted by atomic mass is 10.00. The summed E-state index contributed by atoms with van der Waals surface area (Å²) in [6.07, 6.45) is -0.256. The average Bonchev–Trinajstić information content (AvgIpc) is 2.61. The number of H-pyrrole nitrogens is 1. The predicted octanol–water partition coefficient (Wildman–Crippen LogP) is 3.23. The van der Waals surface area contributed by atoms with Crippen molar-refractivity contribution in [3.05, 3.63) is 69.1 Å². The van der Waals surface area contributed by atoms with Crippen molar-refractivity contribution in [3.8, 4) is 0 Å². The Morgan fingerprint density at radius 3 is 2.50 bits per heavy atom. The van der Waals surface area contributed by atoms with Crippen LogP contribution in [0.15, 0.2) is 41.2 Å². The van der Waals surface area contributed by atoms with Crippen LogP contribution in [0.25, 0.3) is 0 Å². The van der Waals surface area contributed by atoms with E-state index in [0.717, 1.165) is 11.3 Å². The van der Waals surface area contributed by atoms with E-state index in [4.69, 9.17) is 4.74 Å². The lowest BCUT2D eigenvalue weighted by Crippen LogP contribution is -2.49. The minimum atomic E-state index is -0.323. The number of aromatic nitrogens is 1. The summed E-state index contributed by atoms with van der Waals surface area (Å²) in [5.41, 5.74) is 2.42. The maximum absolute atomic E-state index is 13.1. The number of hydrogen-bond acceptors (Lipinski definition) is 3. The molecule has 1 aromatic heterocycles. The third-order valence-electron chi connectivity index (χ3n) is 4.91. The van der Waals surface area contributed by atoms with Crippen LogP contribution in [0.2, 0.25) is 0 Å². The van der Waals surface area contributed by atoms with Crippen LogP contribution in [0.5, 0.6) is 0 Å². The number of aromatic amines is 1. The molecule has 1 aliphatic heterocycles. The van der Waals surface area contributed by atoms with Crippen molar-refractivity contribution in [2.24, 2.45) is 5.92 Å². The van der Waals surface area contributed by atoms with Gasteiger partial charge in [-0.1, -0.05) is 44.2 Å². The Labute approximate surface area is 154 Å². The number of rotatable bonds is 3. The number of nitrogens with zero attached hydrogens (tertiary/aromatic N) is 1. The van der Waals surface area contributed by atoms with E-state index < -0.39 is 0 Å². The molecule has 0 aliphatic carbocycles. The Bertz CT molecular complexity index is 842. The Hall–Kier alpha value is -2.40. The van der Waals surface area contributed by atoms with Gasteiger partial charge in [-0.15, -0.1) is 0 Å². The van der Waals surface area contributed by atoms with Crippen LogP contribution in [0.3, 0.4) is 0 Å². The molecule has 5 heteroatoms. The van der Waals surface area contributed by atoms with Crippen molar-refractivity contribution < 1.29 is 9.53 Å². The topological polar surface area (TPSA) is 62.4 Å². The van der Waals surface area contributed by atoms with Crippen LogP contribution >= 0.6 is 0 Å². The quantitative estimate of drug-likeness (QED) is 0.920. The minimum absolute atomic E-state index is 0.0669. The molecule has 1 N–H and O–H groups in total. The van der Waals surface area contributed by atoms with E-state index in [2.05, 4.69) is 18.8 Å². The number of pyridine rings is 1. The zero-order valence-corrected chi connectivity index (χ0v) is 15.8. The first-order chi connectivity index (χ1) is 12.4. The van der Waals surface area contributed by atoms with Gasteiger partial charge >= 0.3 is 0 Å². The minimum Gasteiger partial charge on any atom is -0.366 e. The van der Waals surface area contributed by atoms with Gasteiger partial charge in [-0.05, 0) is 37.0 Å². The van der Waals surface area contributed by atoms with Gasteiger partial charge in [-0.25, -0.2) is 0 Å². The first kappa shape index (κ1) is 18.4. The maximum Gasteiger partial charge on any atom is 0.261 e. The fraction of sp³-hybridized carbons (Fsp3) is 0.429. The predicted molar refractivity (Wildman–Crippen MR) is 101 cm³/mol. The van der Waals surface area contributed by atoms with Crippen LogP contribution in [-0.2, 0) is 4.74 Å². The lowest BCUT2D eigenvalue weighted by Gasteiger charge is -2.40. The number of carbonyl (C=O) groups excluding carboxylic acids is 1. The molecule has 0 bridgehead atoms. The van der Waals surface area contributed by atoms with E-state index in [0.29, 0.717) is 18.7 Å². The molecule has 3 rings (SSSR count). The van der Waals surface area contributed by atoms with Gasteiger partial charge in [0.2, 0.25) is 0 Å². The van der Waals surface area contributed by atoms with Gasteiger partial charge in [0.15, 0.2) is 0 Å². The Balaban J connectivity index is 1.93. The van der Waals surface area contributed by atoms with E-state index >= 15 is 0 Å². The normalized spacial score (nSPS) is 20.4. The standard InChI is InChI=1S/C21H26N2O3/c1-13(2)17-11-23(12-18(26-17)16-8-6-5-7-9-16)21(25)19-14(3)10-15(4)22-20(19)24/h5-10,13,17-18H,11-12H2,1-4H3,(H,22,24)/t17-,18+/m1/s1. The molecule has 1 fully saturated rings. The van der Waals surface area contributed by atoms with Crippen LogP contribution in [0.1, 0.15) is 47.1 Å². The summed E-state index contributed by atoms with van der Waals surface area (Å²) >= 11 is 0. The molecule has 26 heavy (non-hydrogen) atoms. The molecule has 0 unspecified atom stereocenters. The second-order valence-corrected chi connectivity index (χ2v) is 7.37. The number of carbonyl (C=O) groups is 1. The largest absolute Gasteiger partial charge is 0.366 e. The molecule has 0 spiro atoms.